The number of esters is 1. The van der Waals surface area contributed by atoms with E-state index in [-0.39, 0.29) is 18.8 Å². The molecule has 0 aromatic heterocycles. The number of benzene rings is 2. The summed E-state index contributed by atoms with van der Waals surface area (Å²) in [6.07, 6.45) is 0.353. The van der Waals surface area contributed by atoms with Crippen molar-refractivity contribution in [1.29, 1.82) is 0 Å². The van der Waals surface area contributed by atoms with Crippen LogP contribution in [-0.4, -0.2) is 54.7 Å². The largest absolute Gasteiger partial charge is 0.508 e. The van der Waals surface area contributed by atoms with Crippen LogP contribution in [0.1, 0.15) is 30.9 Å². The summed E-state index contributed by atoms with van der Waals surface area (Å²) in [6.45, 7) is 1.52. The summed E-state index contributed by atoms with van der Waals surface area (Å²) < 4.78 is 9.91. The van der Waals surface area contributed by atoms with E-state index in [9.17, 15) is 24.3 Å². The number of phenols is 1. The number of alkyl carbamates (subject to hydrolysis) is 1. The van der Waals surface area contributed by atoms with Crippen molar-refractivity contribution in [3.05, 3.63) is 65.7 Å². The minimum Gasteiger partial charge on any atom is -0.508 e. The molecule has 188 valence electrons. The lowest BCUT2D eigenvalue weighted by atomic mass is 10.1. The van der Waals surface area contributed by atoms with Gasteiger partial charge in [0.05, 0.1) is 13.7 Å². The van der Waals surface area contributed by atoms with Crippen LogP contribution in [0.3, 0.4) is 0 Å². The molecule has 2 unspecified atom stereocenters. The molecule has 0 saturated heterocycles. The SMILES string of the molecule is CCCC(NC(=O)OCc1ccccc1)C(=O)NCC(=O)NC(Cc1ccc(O)cc1)C(=O)OC. The fourth-order valence-electron chi connectivity index (χ4n) is 3.20. The quantitative estimate of drug-likeness (QED) is 0.336. The van der Waals surface area contributed by atoms with Gasteiger partial charge in [-0.2, -0.15) is 0 Å². The fraction of sp³-hybridized carbons (Fsp3) is 0.360. The molecule has 0 saturated carbocycles. The van der Waals surface area contributed by atoms with E-state index in [1.807, 2.05) is 37.3 Å². The van der Waals surface area contributed by atoms with Gasteiger partial charge in [0.1, 0.15) is 24.4 Å². The monoisotopic (exact) mass is 485 g/mol. The van der Waals surface area contributed by atoms with Crippen molar-refractivity contribution in [3.63, 3.8) is 0 Å². The molecule has 35 heavy (non-hydrogen) atoms. The van der Waals surface area contributed by atoms with Crippen molar-refractivity contribution in [2.45, 2.75) is 44.9 Å². The second-order valence-corrected chi connectivity index (χ2v) is 7.78. The van der Waals surface area contributed by atoms with Gasteiger partial charge in [0.2, 0.25) is 11.8 Å². The van der Waals surface area contributed by atoms with Crippen molar-refractivity contribution in [2.24, 2.45) is 0 Å². The third-order valence-corrected chi connectivity index (χ3v) is 5.02. The van der Waals surface area contributed by atoms with Crippen molar-refractivity contribution < 1.29 is 33.8 Å². The highest BCUT2D eigenvalue weighted by atomic mass is 16.5. The van der Waals surface area contributed by atoms with Gasteiger partial charge in [-0.3, -0.25) is 9.59 Å². The van der Waals surface area contributed by atoms with E-state index in [1.54, 1.807) is 12.1 Å². The van der Waals surface area contributed by atoms with Gasteiger partial charge in [-0.25, -0.2) is 9.59 Å². The first kappa shape index (κ1) is 27.2. The Bertz CT molecular complexity index is 980. The first-order valence-electron chi connectivity index (χ1n) is 11.2. The van der Waals surface area contributed by atoms with Crippen molar-refractivity contribution in [1.82, 2.24) is 16.0 Å². The van der Waals surface area contributed by atoms with Crippen molar-refractivity contribution in [2.75, 3.05) is 13.7 Å². The van der Waals surface area contributed by atoms with E-state index in [2.05, 4.69) is 16.0 Å². The molecule has 0 aliphatic carbocycles. The maximum absolute atomic E-state index is 12.6. The number of carbonyl (C=O) groups excluding carboxylic acids is 4. The predicted molar refractivity (Wildman–Crippen MR) is 127 cm³/mol. The molecule has 10 nitrogen and oxygen atoms in total. The first-order valence-corrected chi connectivity index (χ1v) is 11.2. The van der Waals surface area contributed by atoms with Gasteiger partial charge in [-0.1, -0.05) is 55.8 Å². The van der Waals surface area contributed by atoms with Gasteiger partial charge in [0.25, 0.3) is 0 Å². The predicted octanol–water partition coefficient (Wildman–Crippen LogP) is 1.80. The number of hydrogen-bond donors (Lipinski definition) is 4. The maximum Gasteiger partial charge on any atom is 0.408 e. The fourth-order valence-corrected chi connectivity index (χ4v) is 3.20. The molecule has 0 radical (unpaired) electrons. The Labute approximate surface area is 204 Å². The molecular formula is C25H31N3O7. The smallest absolute Gasteiger partial charge is 0.408 e. The normalized spacial score (nSPS) is 12.1. The summed E-state index contributed by atoms with van der Waals surface area (Å²) in [5.74, 6) is -1.72. The van der Waals surface area contributed by atoms with Crippen LogP contribution in [0.2, 0.25) is 0 Å². The molecule has 2 aromatic rings. The number of ether oxygens (including phenoxy) is 2. The number of methoxy groups -OCH3 is 1. The van der Waals surface area contributed by atoms with Crippen LogP contribution in [0.25, 0.3) is 0 Å². The average Bonchev–Trinajstić information content (AvgIpc) is 2.86. The molecule has 4 N–H and O–H groups in total. The van der Waals surface area contributed by atoms with Crippen LogP contribution in [0, 0.1) is 0 Å². The number of amides is 3. The standard InChI is InChI=1S/C25H31N3O7/c1-3-7-20(28-25(33)35-16-18-8-5-4-6-9-18)23(31)26-15-22(30)27-21(24(32)34-2)14-17-10-12-19(29)13-11-17/h4-6,8-13,20-21,29H,3,7,14-16H2,1-2H3,(H,26,31)(H,27,30)(H,28,33). The van der Waals surface area contributed by atoms with Gasteiger partial charge in [0.15, 0.2) is 0 Å². The van der Waals surface area contributed by atoms with Gasteiger partial charge in [0, 0.05) is 6.42 Å². The average molecular weight is 486 g/mol. The van der Waals surface area contributed by atoms with Crippen LogP contribution in [0.4, 0.5) is 4.79 Å². The molecule has 0 aliphatic rings. The molecule has 0 aliphatic heterocycles. The van der Waals surface area contributed by atoms with Gasteiger partial charge in [-0.15, -0.1) is 0 Å². The lowest BCUT2D eigenvalue weighted by Gasteiger charge is -2.19. The molecule has 0 heterocycles. The van der Waals surface area contributed by atoms with Crippen LogP contribution in [0.15, 0.2) is 54.6 Å². The number of phenolic OH excluding ortho intramolecular Hbond substituents is 1. The summed E-state index contributed by atoms with van der Waals surface area (Å²) in [7, 11) is 1.21. The zero-order valence-corrected chi connectivity index (χ0v) is 19.8. The molecule has 3 amide bonds. The van der Waals surface area contributed by atoms with E-state index >= 15 is 0 Å². The summed E-state index contributed by atoms with van der Waals surface area (Å²) in [5.41, 5.74) is 1.51. The topological polar surface area (TPSA) is 143 Å². The van der Waals surface area contributed by atoms with E-state index < -0.39 is 42.5 Å². The zero-order valence-electron chi connectivity index (χ0n) is 19.8. The molecule has 0 spiro atoms. The number of hydrogen-bond acceptors (Lipinski definition) is 7. The molecular weight excluding hydrogens is 454 g/mol. The third-order valence-electron chi connectivity index (χ3n) is 5.02. The minimum atomic E-state index is -0.980. The first-order chi connectivity index (χ1) is 16.8. The lowest BCUT2D eigenvalue weighted by Crippen LogP contribution is -2.51. The number of aromatic hydroxyl groups is 1. The molecule has 2 rings (SSSR count). The molecule has 0 fully saturated rings. The van der Waals surface area contributed by atoms with Gasteiger partial charge < -0.3 is 30.5 Å². The number of carbonyl (C=O) groups is 4. The molecule has 2 aromatic carbocycles. The summed E-state index contributed by atoms with van der Waals surface area (Å²) >= 11 is 0. The van der Waals surface area contributed by atoms with Crippen molar-refractivity contribution in [3.8, 4) is 5.75 Å². The zero-order chi connectivity index (χ0) is 25.6. The summed E-state index contributed by atoms with van der Waals surface area (Å²) in [6, 6.07) is 13.4. The van der Waals surface area contributed by atoms with Crippen LogP contribution in [-0.2, 0) is 36.9 Å². The molecule has 0 bridgehead atoms. The Kier molecular flexibility index (Phi) is 11.1. The Morgan fingerprint density at radius 2 is 1.60 bits per heavy atom. The van der Waals surface area contributed by atoms with Gasteiger partial charge in [-0.05, 0) is 29.7 Å². The van der Waals surface area contributed by atoms with Crippen LogP contribution in [0.5, 0.6) is 5.75 Å². The highest BCUT2D eigenvalue weighted by molar-refractivity contribution is 5.91. The van der Waals surface area contributed by atoms with Gasteiger partial charge >= 0.3 is 12.1 Å². The maximum atomic E-state index is 12.6. The summed E-state index contributed by atoms with van der Waals surface area (Å²) in [4.78, 5) is 49.2. The van der Waals surface area contributed by atoms with E-state index in [0.717, 1.165) is 5.56 Å². The Morgan fingerprint density at radius 1 is 0.914 bits per heavy atom. The Morgan fingerprint density at radius 3 is 2.23 bits per heavy atom. The summed E-state index contributed by atoms with van der Waals surface area (Å²) in [5, 5.41) is 16.9. The van der Waals surface area contributed by atoms with Crippen molar-refractivity contribution >= 4 is 23.9 Å². The minimum absolute atomic E-state index is 0.0610. The second-order valence-electron chi connectivity index (χ2n) is 7.78. The number of rotatable bonds is 12. The molecule has 2 atom stereocenters. The van der Waals surface area contributed by atoms with Crippen LogP contribution >= 0.6 is 0 Å². The van der Waals surface area contributed by atoms with Crippen LogP contribution < -0.4 is 16.0 Å². The molecule has 10 heteroatoms. The third kappa shape index (κ3) is 9.75. The van der Waals surface area contributed by atoms with E-state index in [1.165, 1.54) is 19.2 Å². The number of nitrogens with one attached hydrogen (secondary N) is 3. The second kappa shape index (κ2) is 14.2. The Hall–Kier alpha value is -4.08. The van der Waals surface area contributed by atoms with E-state index in [4.69, 9.17) is 9.47 Å². The Balaban J connectivity index is 1.86. The lowest BCUT2D eigenvalue weighted by molar-refractivity contribution is -0.145. The highest BCUT2D eigenvalue weighted by Crippen LogP contribution is 2.12. The highest BCUT2D eigenvalue weighted by Gasteiger charge is 2.24. The van der Waals surface area contributed by atoms with E-state index in [0.29, 0.717) is 18.4 Å².